The lowest BCUT2D eigenvalue weighted by Gasteiger charge is -2.16. The summed E-state index contributed by atoms with van der Waals surface area (Å²) >= 11 is 0. The van der Waals surface area contributed by atoms with Gasteiger partial charge in [0.1, 0.15) is 17.4 Å². The van der Waals surface area contributed by atoms with Crippen LogP contribution in [0.1, 0.15) is 31.9 Å². The molecule has 0 fully saturated rings. The molecule has 0 amide bonds. The smallest absolute Gasteiger partial charge is 0.417 e. The second kappa shape index (κ2) is 7.66. The van der Waals surface area contributed by atoms with Gasteiger partial charge in [0.15, 0.2) is 0 Å². The van der Waals surface area contributed by atoms with Gasteiger partial charge >= 0.3 is 6.18 Å². The van der Waals surface area contributed by atoms with Crippen LogP contribution in [0.15, 0.2) is 40.2 Å². The molecular weight excluding hydrogens is 359 g/mol. The van der Waals surface area contributed by atoms with Crippen LogP contribution in [-0.4, -0.2) is 17.5 Å². The van der Waals surface area contributed by atoms with Crippen LogP contribution in [0.5, 0.6) is 5.75 Å². The molecule has 2 rings (SSSR count). The van der Waals surface area contributed by atoms with Crippen LogP contribution in [0.4, 0.5) is 13.2 Å². The molecule has 0 aliphatic rings. The van der Waals surface area contributed by atoms with E-state index in [2.05, 4.69) is 5.10 Å². The molecule has 0 bridgehead atoms. The number of benzene rings is 1. The predicted octanol–water partition coefficient (Wildman–Crippen LogP) is 4.29. The van der Waals surface area contributed by atoms with E-state index in [0.29, 0.717) is 17.0 Å². The van der Waals surface area contributed by atoms with Crippen molar-refractivity contribution in [2.45, 2.75) is 26.9 Å². The second-order valence-corrected chi connectivity index (χ2v) is 6.17. The Morgan fingerprint density at radius 3 is 2.48 bits per heavy atom. The number of hydrogen-bond donors (Lipinski definition) is 0. The first-order valence-corrected chi connectivity index (χ1v) is 8.07. The van der Waals surface area contributed by atoms with E-state index in [1.807, 2.05) is 13.8 Å². The SMILES string of the molecule is COc1cccc(-c2cc(C(F)(F)F)c(C#N)c(=O)n2N=C(C)C(C)C)c1. The van der Waals surface area contributed by atoms with Crippen molar-refractivity contribution in [3.63, 3.8) is 0 Å². The number of alkyl halides is 3. The number of hydrogen-bond acceptors (Lipinski definition) is 4. The molecule has 5 nitrogen and oxygen atoms in total. The van der Waals surface area contributed by atoms with Gasteiger partial charge < -0.3 is 4.74 Å². The lowest BCUT2D eigenvalue weighted by molar-refractivity contribution is -0.137. The fourth-order valence-electron chi connectivity index (χ4n) is 2.29. The summed E-state index contributed by atoms with van der Waals surface area (Å²) in [6.45, 7) is 5.34. The second-order valence-electron chi connectivity index (χ2n) is 6.17. The van der Waals surface area contributed by atoms with Gasteiger partial charge in [-0.25, -0.2) is 0 Å². The van der Waals surface area contributed by atoms with Crippen LogP contribution < -0.4 is 10.3 Å². The molecule has 1 aromatic carbocycles. The molecule has 1 aromatic heterocycles. The van der Waals surface area contributed by atoms with Crippen molar-refractivity contribution in [1.29, 1.82) is 5.26 Å². The molecule has 8 heteroatoms. The summed E-state index contributed by atoms with van der Waals surface area (Å²) in [5.41, 5.74) is -2.64. The summed E-state index contributed by atoms with van der Waals surface area (Å²) in [4.78, 5) is 12.7. The highest BCUT2D eigenvalue weighted by Gasteiger charge is 2.36. The van der Waals surface area contributed by atoms with Crippen LogP contribution in [-0.2, 0) is 6.18 Å². The maximum Gasteiger partial charge on any atom is 0.417 e. The van der Waals surface area contributed by atoms with Gasteiger partial charge in [0.2, 0.25) is 0 Å². The van der Waals surface area contributed by atoms with E-state index in [1.54, 1.807) is 25.1 Å². The van der Waals surface area contributed by atoms with Gasteiger partial charge in [0.25, 0.3) is 5.56 Å². The minimum absolute atomic E-state index is 0.0390. The number of pyridine rings is 1. The first kappa shape index (κ1) is 20.2. The molecule has 0 saturated heterocycles. The Kier molecular flexibility index (Phi) is 5.74. The van der Waals surface area contributed by atoms with Crippen molar-refractivity contribution in [2.24, 2.45) is 11.0 Å². The molecule has 0 N–H and O–H groups in total. The molecule has 0 aliphatic heterocycles. The third kappa shape index (κ3) is 4.19. The van der Waals surface area contributed by atoms with E-state index in [0.717, 1.165) is 10.7 Å². The largest absolute Gasteiger partial charge is 0.497 e. The number of ether oxygens (including phenoxy) is 1. The molecule has 0 saturated carbocycles. The van der Waals surface area contributed by atoms with Gasteiger partial charge in [0, 0.05) is 11.3 Å². The van der Waals surface area contributed by atoms with Crippen LogP contribution in [0, 0.1) is 17.2 Å². The average Bonchev–Trinajstić information content (AvgIpc) is 2.61. The van der Waals surface area contributed by atoms with Crippen molar-refractivity contribution in [1.82, 2.24) is 4.68 Å². The minimum atomic E-state index is -4.85. The molecule has 0 radical (unpaired) electrons. The first-order chi connectivity index (χ1) is 12.6. The van der Waals surface area contributed by atoms with E-state index in [9.17, 15) is 18.0 Å². The molecule has 1 heterocycles. The fourth-order valence-corrected chi connectivity index (χ4v) is 2.29. The molecule has 0 unspecified atom stereocenters. The molecular formula is C19H18F3N3O2. The third-order valence-electron chi connectivity index (χ3n) is 4.06. The Hall–Kier alpha value is -3.08. The van der Waals surface area contributed by atoms with Gasteiger partial charge in [-0.05, 0) is 31.0 Å². The molecule has 142 valence electrons. The highest BCUT2D eigenvalue weighted by Crippen LogP contribution is 2.34. The lowest BCUT2D eigenvalue weighted by atomic mass is 10.0. The Balaban J connectivity index is 2.95. The van der Waals surface area contributed by atoms with Crippen molar-refractivity contribution in [3.05, 3.63) is 51.8 Å². The van der Waals surface area contributed by atoms with Gasteiger partial charge in [-0.3, -0.25) is 4.79 Å². The Morgan fingerprint density at radius 2 is 1.96 bits per heavy atom. The van der Waals surface area contributed by atoms with E-state index in [-0.39, 0.29) is 11.6 Å². The number of nitrogens with zero attached hydrogens (tertiary/aromatic N) is 3. The monoisotopic (exact) mass is 377 g/mol. The number of nitriles is 1. The zero-order valence-corrected chi connectivity index (χ0v) is 15.3. The van der Waals surface area contributed by atoms with Crippen LogP contribution in [0.25, 0.3) is 11.3 Å². The predicted molar refractivity (Wildman–Crippen MR) is 95.8 cm³/mol. The Bertz CT molecular complexity index is 983. The number of methoxy groups -OCH3 is 1. The Labute approximate surface area is 154 Å². The topological polar surface area (TPSA) is 67.4 Å². The van der Waals surface area contributed by atoms with Crippen molar-refractivity contribution in [2.75, 3.05) is 7.11 Å². The van der Waals surface area contributed by atoms with E-state index >= 15 is 0 Å². The average molecular weight is 377 g/mol. The lowest BCUT2D eigenvalue weighted by Crippen LogP contribution is -2.27. The maximum absolute atomic E-state index is 13.4. The van der Waals surface area contributed by atoms with Crippen LogP contribution in [0.3, 0.4) is 0 Å². The van der Waals surface area contributed by atoms with E-state index < -0.39 is 22.9 Å². The quantitative estimate of drug-likeness (QED) is 0.747. The highest BCUT2D eigenvalue weighted by atomic mass is 19.4. The van der Waals surface area contributed by atoms with E-state index in [4.69, 9.17) is 10.00 Å². The minimum Gasteiger partial charge on any atom is -0.497 e. The molecule has 0 atom stereocenters. The summed E-state index contributed by atoms with van der Waals surface area (Å²) in [6, 6.07) is 8.40. The summed E-state index contributed by atoms with van der Waals surface area (Å²) in [5.74, 6) is 0.372. The summed E-state index contributed by atoms with van der Waals surface area (Å²) in [5, 5.41) is 13.3. The Morgan fingerprint density at radius 1 is 1.30 bits per heavy atom. The van der Waals surface area contributed by atoms with Gasteiger partial charge in [0.05, 0.1) is 18.4 Å². The van der Waals surface area contributed by atoms with Crippen LogP contribution >= 0.6 is 0 Å². The zero-order chi connectivity index (χ0) is 20.4. The number of rotatable bonds is 4. The number of aromatic nitrogens is 1. The summed E-state index contributed by atoms with van der Waals surface area (Å²) in [6.07, 6.45) is -4.85. The van der Waals surface area contributed by atoms with Crippen molar-refractivity contribution >= 4 is 5.71 Å². The highest BCUT2D eigenvalue weighted by molar-refractivity contribution is 5.84. The fraction of sp³-hybridized carbons (Fsp3) is 0.316. The van der Waals surface area contributed by atoms with Crippen molar-refractivity contribution < 1.29 is 17.9 Å². The molecule has 27 heavy (non-hydrogen) atoms. The normalized spacial score (nSPS) is 12.2. The van der Waals surface area contributed by atoms with Gasteiger partial charge in [-0.2, -0.15) is 28.2 Å². The number of halogens is 3. The van der Waals surface area contributed by atoms with Crippen LogP contribution in [0.2, 0.25) is 0 Å². The zero-order valence-electron chi connectivity index (χ0n) is 15.3. The molecule has 0 spiro atoms. The third-order valence-corrected chi connectivity index (χ3v) is 4.06. The summed E-state index contributed by atoms with van der Waals surface area (Å²) in [7, 11) is 1.42. The standard InChI is InChI=1S/C19H18F3N3O2/c1-11(2)12(3)24-25-17(13-6-5-7-14(8-13)27-4)9-16(19(20,21)22)15(10-23)18(25)26/h5-9,11H,1-4H3. The maximum atomic E-state index is 13.4. The van der Waals surface area contributed by atoms with Gasteiger partial charge in [-0.1, -0.05) is 26.0 Å². The molecule has 2 aromatic rings. The molecule has 0 aliphatic carbocycles. The first-order valence-electron chi connectivity index (χ1n) is 8.07. The van der Waals surface area contributed by atoms with E-state index in [1.165, 1.54) is 19.2 Å². The van der Waals surface area contributed by atoms with Gasteiger partial charge in [-0.15, -0.1) is 0 Å². The van der Waals surface area contributed by atoms with Crippen molar-refractivity contribution in [3.8, 4) is 23.1 Å². The summed E-state index contributed by atoms with van der Waals surface area (Å²) < 4.78 is 46.2.